The van der Waals surface area contributed by atoms with Gasteiger partial charge in [0.05, 0.1) is 27.6 Å². The minimum absolute atomic E-state index is 0.134. The molecule has 2 N–H and O–H groups in total. The van der Waals surface area contributed by atoms with Gasteiger partial charge in [0.15, 0.2) is 0 Å². The lowest BCUT2D eigenvalue weighted by Crippen LogP contribution is -2.24. The number of nitrogens with one attached hydrogen (secondary N) is 2. The number of anilines is 1. The van der Waals surface area contributed by atoms with Crippen LogP contribution in [-0.4, -0.2) is 25.5 Å². The monoisotopic (exact) mass is 442 g/mol. The molecule has 0 fully saturated rings. The van der Waals surface area contributed by atoms with Gasteiger partial charge in [-0.1, -0.05) is 35.9 Å². The number of ether oxygens (including phenoxy) is 1. The summed E-state index contributed by atoms with van der Waals surface area (Å²) in [6.45, 7) is 2.43. The molecule has 0 saturated carbocycles. The standard InChI is InChI=1S/C23H23ClN2O3S/c1-15-14-20(26-22(27)18-7-3-4-8-19(18)24)30-21(15)23(28)25-13-5-6-16-9-11-17(29-2)12-10-16/h3-4,7-12,14H,5-6,13H2,1-2H3,(H,25,28)(H,26,27). The molecule has 0 aliphatic rings. The van der Waals surface area contributed by atoms with E-state index in [-0.39, 0.29) is 11.8 Å². The van der Waals surface area contributed by atoms with Crippen molar-refractivity contribution in [3.05, 3.63) is 81.2 Å². The molecule has 0 spiro atoms. The number of aryl methyl sites for hydroxylation is 2. The molecule has 0 bridgehead atoms. The molecule has 7 heteroatoms. The summed E-state index contributed by atoms with van der Waals surface area (Å²) in [7, 11) is 1.64. The van der Waals surface area contributed by atoms with Crippen molar-refractivity contribution in [1.82, 2.24) is 5.32 Å². The van der Waals surface area contributed by atoms with Gasteiger partial charge in [0.25, 0.3) is 11.8 Å². The maximum atomic E-state index is 12.5. The predicted molar refractivity (Wildman–Crippen MR) is 122 cm³/mol. The Morgan fingerprint density at radius 3 is 2.50 bits per heavy atom. The van der Waals surface area contributed by atoms with Crippen molar-refractivity contribution in [2.24, 2.45) is 0 Å². The molecule has 2 aromatic carbocycles. The molecular formula is C23H23ClN2O3S. The van der Waals surface area contributed by atoms with Gasteiger partial charge in [0, 0.05) is 6.54 Å². The van der Waals surface area contributed by atoms with Gasteiger partial charge in [-0.05, 0) is 61.2 Å². The van der Waals surface area contributed by atoms with Crippen LogP contribution in [0.2, 0.25) is 5.02 Å². The fourth-order valence-electron chi connectivity index (χ4n) is 2.96. The molecule has 30 heavy (non-hydrogen) atoms. The van der Waals surface area contributed by atoms with Crippen molar-refractivity contribution in [2.75, 3.05) is 19.0 Å². The summed E-state index contributed by atoms with van der Waals surface area (Å²) in [4.78, 5) is 25.5. The number of carbonyl (C=O) groups is 2. The summed E-state index contributed by atoms with van der Waals surface area (Å²) < 4.78 is 5.15. The SMILES string of the molecule is COc1ccc(CCCNC(=O)c2sc(NC(=O)c3ccccc3Cl)cc2C)cc1. The van der Waals surface area contributed by atoms with Gasteiger partial charge in [0.1, 0.15) is 5.75 Å². The molecule has 0 saturated heterocycles. The van der Waals surface area contributed by atoms with Gasteiger partial charge >= 0.3 is 0 Å². The van der Waals surface area contributed by atoms with E-state index >= 15 is 0 Å². The maximum absolute atomic E-state index is 12.5. The van der Waals surface area contributed by atoms with Gasteiger partial charge in [0.2, 0.25) is 0 Å². The van der Waals surface area contributed by atoms with Crippen LogP contribution in [0, 0.1) is 6.92 Å². The molecule has 1 aromatic heterocycles. The highest BCUT2D eigenvalue weighted by molar-refractivity contribution is 7.18. The average molecular weight is 443 g/mol. The fourth-order valence-corrected chi connectivity index (χ4v) is 4.17. The molecule has 1 heterocycles. The third kappa shape index (κ3) is 5.62. The molecule has 0 unspecified atom stereocenters. The largest absolute Gasteiger partial charge is 0.497 e. The number of benzene rings is 2. The second-order valence-corrected chi connectivity index (χ2v) is 8.22. The van der Waals surface area contributed by atoms with Crippen molar-refractivity contribution in [3.63, 3.8) is 0 Å². The van der Waals surface area contributed by atoms with Gasteiger partial charge in [-0.25, -0.2) is 0 Å². The first-order valence-corrected chi connectivity index (χ1v) is 10.7. The molecule has 2 amide bonds. The van der Waals surface area contributed by atoms with Crippen LogP contribution in [0.25, 0.3) is 0 Å². The topological polar surface area (TPSA) is 67.4 Å². The first-order valence-electron chi connectivity index (χ1n) is 9.55. The first-order chi connectivity index (χ1) is 14.5. The molecule has 0 aliphatic heterocycles. The highest BCUT2D eigenvalue weighted by Gasteiger charge is 2.16. The minimum atomic E-state index is -0.298. The van der Waals surface area contributed by atoms with Crippen molar-refractivity contribution < 1.29 is 14.3 Å². The van der Waals surface area contributed by atoms with Gasteiger partial charge in [-0.15, -0.1) is 11.3 Å². The van der Waals surface area contributed by atoms with Crippen molar-refractivity contribution >= 4 is 39.8 Å². The molecule has 0 aliphatic carbocycles. The van der Waals surface area contributed by atoms with Crippen molar-refractivity contribution in [2.45, 2.75) is 19.8 Å². The highest BCUT2D eigenvalue weighted by atomic mass is 35.5. The minimum Gasteiger partial charge on any atom is -0.497 e. The lowest BCUT2D eigenvalue weighted by Gasteiger charge is -2.06. The Kier molecular flexibility index (Phi) is 7.49. The van der Waals surface area contributed by atoms with E-state index in [4.69, 9.17) is 16.3 Å². The normalized spacial score (nSPS) is 10.5. The number of halogens is 1. The Hall–Kier alpha value is -2.83. The van der Waals surface area contributed by atoms with Gasteiger partial charge in [-0.3, -0.25) is 9.59 Å². The lowest BCUT2D eigenvalue weighted by atomic mass is 10.1. The molecular weight excluding hydrogens is 420 g/mol. The second kappa shape index (κ2) is 10.3. The van der Waals surface area contributed by atoms with E-state index in [1.807, 2.05) is 31.2 Å². The van der Waals surface area contributed by atoms with Crippen LogP contribution in [0.15, 0.2) is 54.6 Å². The van der Waals surface area contributed by atoms with Crippen LogP contribution in [0.5, 0.6) is 5.75 Å². The zero-order valence-electron chi connectivity index (χ0n) is 16.8. The van der Waals surface area contributed by atoms with Crippen LogP contribution in [0.3, 0.4) is 0 Å². The third-order valence-corrected chi connectivity index (χ3v) is 6.05. The van der Waals surface area contributed by atoms with Crippen LogP contribution < -0.4 is 15.4 Å². The van der Waals surface area contributed by atoms with E-state index in [1.165, 1.54) is 16.9 Å². The summed E-state index contributed by atoms with van der Waals surface area (Å²) in [6.07, 6.45) is 1.70. The van der Waals surface area contributed by atoms with E-state index in [9.17, 15) is 9.59 Å². The quantitative estimate of drug-likeness (QED) is 0.463. The van der Waals surface area contributed by atoms with Crippen LogP contribution in [0.4, 0.5) is 5.00 Å². The van der Waals surface area contributed by atoms with Gasteiger partial charge < -0.3 is 15.4 Å². The van der Waals surface area contributed by atoms with E-state index in [1.54, 1.807) is 37.4 Å². The Morgan fingerprint density at radius 2 is 1.80 bits per heavy atom. The van der Waals surface area contributed by atoms with Crippen molar-refractivity contribution in [1.29, 1.82) is 0 Å². The number of amides is 2. The Balaban J connectivity index is 1.52. The van der Waals surface area contributed by atoms with E-state index < -0.39 is 0 Å². The maximum Gasteiger partial charge on any atom is 0.261 e. The number of hydrogen-bond acceptors (Lipinski definition) is 4. The summed E-state index contributed by atoms with van der Waals surface area (Å²) in [5, 5.41) is 6.77. The summed E-state index contributed by atoms with van der Waals surface area (Å²) >= 11 is 7.33. The van der Waals surface area contributed by atoms with E-state index in [0.717, 1.165) is 24.2 Å². The summed E-state index contributed by atoms with van der Waals surface area (Å²) in [6, 6.07) is 16.6. The zero-order valence-corrected chi connectivity index (χ0v) is 18.4. The predicted octanol–water partition coefficient (Wildman–Crippen LogP) is 5.33. The summed E-state index contributed by atoms with van der Waals surface area (Å²) in [5.41, 5.74) is 2.42. The molecule has 0 radical (unpaired) electrons. The van der Waals surface area contributed by atoms with Crippen molar-refractivity contribution in [3.8, 4) is 5.75 Å². The molecule has 3 rings (SSSR count). The smallest absolute Gasteiger partial charge is 0.261 e. The van der Waals surface area contributed by atoms with E-state index in [2.05, 4.69) is 10.6 Å². The summed E-state index contributed by atoms with van der Waals surface area (Å²) in [5.74, 6) is 0.399. The second-order valence-electron chi connectivity index (χ2n) is 6.76. The number of carbonyl (C=O) groups excluding carboxylic acids is 2. The molecule has 0 atom stereocenters. The number of rotatable bonds is 8. The molecule has 5 nitrogen and oxygen atoms in total. The third-order valence-electron chi connectivity index (χ3n) is 4.57. The zero-order chi connectivity index (χ0) is 21.5. The Bertz CT molecular complexity index is 1030. The number of hydrogen-bond donors (Lipinski definition) is 2. The molecule has 3 aromatic rings. The number of thiophene rings is 1. The Labute approximate surface area is 185 Å². The average Bonchev–Trinajstić information content (AvgIpc) is 3.11. The molecule has 156 valence electrons. The van der Waals surface area contributed by atoms with E-state index in [0.29, 0.717) is 27.0 Å². The van der Waals surface area contributed by atoms with Gasteiger partial charge in [-0.2, -0.15) is 0 Å². The lowest BCUT2D eigenvalue weighted by molar-refractivity contribution is 0.0955. The highest BCUT2D eigenvalue weighted by Crippen LogP contribution is 2.28. The number of methoxy groups -OCH3 is 1. The van der Waals surface area contributed by atoms with Crippen LogP contribution >= 0.6 is 22.9 Å². The van der Waals surface area contributed by atoms with Crippen LogP contribution in [0.1, 0.15) is 37.6 Å². The first kappa shape index (κ1) is 21.9. The Morgan fingerprint density at radius 1 is 1.07 bits per heavy atom. The fraction of sp³-hybridized carbons (Fsp3) is 0.217. The van der Waals surface area contributed by atoms with Crippen LogP contribution in [-0.2, 0) is 6.42 Å².